The first-order valence-electron chi connectivity index (χ1n) is 6.69. The molecule has 0 aliphatic carbocycles. The van der Waals surface area contributed by atoms with Gasteiger partial charge in [0.15, 0.2) is 0 Å². The summed E-state index contributed by atoms with van der Waals surface area (Å²) in [6.45, 7) is 1.94. The molecule has 7 heteroatoms. The molecule has 1 aromatic carbocycles. The van der Waals surface area contributed by atoms with Gasteiger partial charge in [-0.25, -0.2) is 4.98 Å². The number of hydrogen-bond donors (Lipinski definition) is 1. The van der Waals surface area contributed by atoms with Crippen molar-refractivity contribution in [3.05, 3.63) is 51.5 Å². The van der Waals surface area contributed by atoms with Crippen molar-refractivity contribution in [1.29, 1.82) is 0 Å². The highest BCUT2D eigenvalue weighted by Crippen LogP contribution is 2.21. The van der Waals surface area contributed by atoms with Gasteiger partial charge in [0.25, 0.3) is 11.8 Å². The van der Waals surface area contributed by atoms with Crippen molar-refractivity contribution in [2.24, 2.45) is 0 Å². The van der Waals surface area contributed by atoms with Gasteiger partial charge in [0.2, 0.25) is 5.91 Å². The van der Waals surface area contributed by atoms with Crippen LogP contribution in [0.15, 0.2) is 30.5 Å². The van der Waals surface area contributed by atoms with Crippen molar-refractivity contribution in [3.8, 4) is 0 Å². The van der Waals surface area contributed by atoms with E-state index >= 15 is 0 Å². The summed E-state index contributed by atoms with van der Waals surface area (Å²) in [7, 11) is 0. The summed E-state index contributed by atoms with van der Waals surface area (Å²) in [6, 6.07) is 6.56. The van der Waals surface area contributed by atoms with Crippen molar-refractivity contribution >= 4 is 29.1 Å². The SMILES string of the molecule is Cc1cnc(CNC(=O)CN2C(=O)c3ccccc3C2=O)s1. The van der Waals surface area contributed by atoms with Crippen LogP contribution in [0.3, 0.4) is 0 Å². The molecule has 1 N–H and O–H groups in total. The van der Waals surface area contributed by atoms with Crippen LogP contribution in [0.4, 0.5) is 0 Å². The number of aromatic nitrogens is 1. The third-order valence-electron chi connectivity index (χ3n) is 3.29. The van der Waals surface area contributed by atoms with Gasteiger partial charge < -0.3 is 5.32 Å². The highest BCUT2D eigenvalue weighted by Gasteiger charge is 2.36. The molecule has 0 spiro atoms. The Morgan fingerprint density at radius 1 is 1.23 bits per heavy atom. The Labute approximate surface area is 130 Å². The molecule has 0 saturated carbocycles. The number of carbonyl (C=O) groups excluding carboxylic acids is 3. The van der Waals surface area contributed by atoms with Gasteiger partial charge in [-0.1, -0.05) is 12.1 Å². The molecule has 0 saturated heterocycles. The Bertz CT molecular complexity index is 734. The molecule has 6 nitrogen and oxygen atoms in total. The maximum atomic E-state index is 12.1. The minimum atomic E-state index is -0.430. The number of benzene rings is 1. The van der Waals surface area contributed by atoms with Gasteiger partial charge in [-0.2, -0.15) is 0 Å². The molecular formula is C15H13N3O3S. The first kappa shape index (κ1) is 14.4. The number of amides is 3. The van der Waals surface area contributed by atoms with E-state index < -0.39 is 11.8 Å². The number of nitrogens with zero attached hydrogens (tertiary/aromatic N) is 2. The number of nitrogens with one attached hydrogen (secondary N) is 1. The largest absolute Gasteiger partial charge is 0.348 e. The third-order valence-corrected chi connectivity index (χ3v) is 4.20. The highest BCUT2D eigenvalue weighted by atomic mass is 32.1. The minimum Gasteiger partial charge on any atom is -0.348 e. The van der Waals surface area contributed by atoms with E-state index in [0.29, 0.717) is 17.7 Å². The first-order valence-corrected chi connectivity index (χ1v) is 7.51. The highest BCUT2D eigenvalue weighted by molar-refractivity contribution is 7.11. The maximum absolute atomic E-state index is 12.1. The van der Waals surface area contributed by atoms with E-state index in [1.54, 1.807) is 30.5 Å². The van der Waals surface area contributed by atoms with Gasteiger partial charge in [-0.15, -0.1) is 11.3 Å². The predicted octanol–water partition coefficient (Wildman–Crippen LogP) is 1.36. The third kappa shape index (κ3) is 2.62. The average molecular weight is 315 g/mol. The molecule has 0 atom stereocenters. The lowest BCUT2D eigenvalue weighted by molar-refractivity contribution is -0.121. The van der Waals surface area contributed by atoms with Crippen molar-refractivity contribution in [2.75, 3.05) is 6.54 Å². The van der Waals surface area contributed by atoms with E-state index in [9.17, 15) is 14.4 Å². The number of aryl methyl sites for hydroxylation is 1. The Morgan fingerprint density at radius 3 is 2.41 bits per heavy atom. The molecule has 2 heterocycles. The maximum Gasteiger partial charge on any atom is 0.262 e. The van der Waals surface area contributed by atoms with Gasteiger partial charge in [-0.3, -0.25) is 19.3 Å². The Balaban J connectivity index is 1.63. The van der Waals surface area contributed by atoms with Crippen LogP contribution in [0.1, 0.15) is 30.6 Å². The molecule has 0 unspecified atom stereocenters. The number of carbonyl (C=O) groups is 3. The van der Waals surface area contributed by atoms with Gasteiger partial charge in [-0.05, 0) is 19.1 Å². The zero-order chi connectivity index (χ0) is 15.7. The summed E-state index contributed by atoms with van der Waals surface area (Å²) in [6.07, 6.45) is 1.73. The lowest BCUT2D eigenvalue weighted by Gasteiger charge is -2.13. The summed E-state index contributed by atoms with van der Waals surface area (Å²) >= 11 is 1.49. The topological polar surface area (TPSA) is 79.4 Å². The Kier molecular flexibility index (Phi) is 3.72. The molecule has 1 aliphatic heterocycles. The van der Waals surface area contributed by atoms with E-state index in [2.05, 4.69) is 10.3 Å². The quantitative estimate of drug-likeness (QED) is 0.864. The van der Waals surface area contributed by atoms with Crippen LogP contribution in [0, 0.1) is 6.92 Å². The monoisotopic (exact) mass is 315 g/mol. The van der Waals surface area contributed by atoms with Crippen molar-refractivity contribution in [1.82, 2.24) is 15.2 Å². The van der Waals surface area contributed by atoms with E-state index in [0.717, 1.165) is 14.8 Å². The Morgan fingerprint density at radius 2 is 1.86 bits per heavy atom. The number of imide groups is 1. The van der Waals surface area contributed by atoms with Crippen LogP contribution in [-0.2, 0) is 11.3 Å². The van der Waals surface area contributed by atoms with E-state index in [-0.39, 0.29) is 12.5 Å². The molecule has 112 valence electrons. The zero-order valence-electron chi connectivity index (χ0n) is 11.8. The second-order valence-corrected chi connectivity index (χ2v) is 6.20. The Hall–Kier alpha value is -2.54. The lowest BCUT2D eigenvalue weighted by Crippen LogP contribution is -2.40. The fourth-order valence-corrected chi connectivity index (χ4v) is 2.97. The normalized spacial score (nSPS) is 13.4. The predicted molar refractivity (Wildman–Crippen MR) is 80.5 cm³/mol. The molecule has 3 amide bonds. The molecule has 3 rings (SSSR count). The molecule has 0 fully saturated rings. The standard InChI is InChI=1S/C15H13N3O3S/c1-9-6-17-13(22-9)7-16-12(19)8-18-14(20)10-4-2-3-5-11(10)15(18)21/h2-6H,7-8H2,1H3,(H,16,19). The fourth-order valence-electron chi connectivity index (χ4n) is 2.24. The fraction of sp³-hybridized carbons (Fsp3) is 0.200. The van der Waals surface area contributed by atoms with E-state index in [1.165, 1.54) is 11.3 Å². The summed E-state index contributed by atoms with van der Waals surface area (Å²) in [5.74, 6) is -1.25. The summed E-state index contributed by atoms with van der Waals surface area (Å²) in [5, 5.41) is 3.46. The first-order chi connectivity index (χ1) is 10.6. The van der Waals surface area contributed by atoms with E-state index in [4.69, 9.17) is 0 Å². The molecular weight excluding hydrogens is 302 g/mol. The van der Waals surface area contributed by atoms with Crippen LogP contribution in [0.5, 0.6) is 0 Å². The number of fused-ring (bicyclic) bond motifs is 1. The number of hydrogen-bond acceptors (Lipinski definition) is 5. The van der Waals surface area contributed by atoms with Crippen LogP contribution in [-0.4, -0.2) is 34.2 Å². The minimum absolute atomic E-state index is 0.281. The zero-order valence-corrected chi connectivity index (χ0v) is 12.6. The summed E-state index contributed by atoms with van der Waals surface area (Å²) in [5.41, 5.74) is 0.687. The molecule has 1 aliphatic rings. The number of thiazole rings is 1. The average Bonchev–Trinajstić information content (AvgIpc) is 3.03. The molecule has 0 radical (unpaired) electrons. The summed E-state index contributed by atoms with van der Waals surface area (Å²) < 4.78 is 0. The second-order valence-electron chi connectivity index (χ2n) is 4.88. The van der Waals surface area contributed by atoms with Gasteiger partial charge >= 0.3 is 0 Å². The van der Waals surface area contributed by atoms with Crippen LogP contribution < -0.4 is 5.32 Å². The van der Waals surface area contributed by atoms with Crippen molar-refractivity contribution in [2.45, 2.75) is 13.5 Å². The van der Waals surface area contributed by atoms with Gasteiger partial charge in [0.1, 0.15) is 11.6 Å². The molecule has 22 heavy (non-hydrogen) atoms. The number of rotatable bonds is 4. The second kappa shape index (κ2) is 5.69. The molecule has 0 bridgehead atoms. The van der Waals surface area contributed by atoms with Crippen molar-refractivity contribution < 1.29 is 14.4 Å². The lowest BCUT2D eigenvalue weighted by atomic mass is 10.1. The van der Waals surface area contributed by atoms with Gasteiger partial charge in [0.05, 0.1) is 17.7 Å². The van der Waals surface area contributed by atoms with Gasteiger partial charge in [0, 0.05) is 11.1 Å². The summed E-state index contributed by atoms with van der Waals surface area (Å²) in [4.78, 5) is 42.4. The van der Waals surface area contributed by atoms with Crippen LogP contribution >= 0.6 is 11.3 Å². The van der Waals surface area contributed by atoms with Crippen LogP contribution in [0.2, 0.25) is 0 Å². The van der Waals surface area contributed by atoms with E-state index in [1.807, 2.05) is 6.92 Å². The molecule has 2 aromatic rings. The smallest absolute Gasteiger partial charge is 0.262 e. The van der Waals surface area contributed by atoms with Crippen molar-refractivity contribution in [3.63, 3.8) is 0 Å². The molecule has 1 aromatic heterocycles. The van der Waals surface area contributed by atoms with Crippen LogP contribution in [0.25, 0.3) is 0 Å².